The molecule has 0 aromatic heterocycles. The van der Waals surface area contributed by atoms with Gasteiger partial charge in [-0.3, -0.25) is 29.3 Å². The maximum atomic E-state index is 13.2. The smallest absolute Gasteiger partial charge is 0.328 e. The molecule has 1 aliphatic rings. The summed E-state index contributed by atoms with van der Waals surface area (Å²) in [6.45, 7) is 2.41. The molecule has 1 heterocycles. The zero-order valence-electron chi connectivity index (χ0n) is 25.0. The molecule has 3 atom stereocenters. The van der Waals surface area contributed by atoms with Crippen LogP contribution < -0.4 is 20.7 Å². The van der Waals surface area contributed by atoms with E-state index in [2.05, 4.69) is 16.0 Å². The van der Waals surface area contributed by atoms with Gasteiger partial charge in [0.25, 0.3) is 23.1 Å². The van der Waals surface area contributed by atoms with Crippen LogP contribution in [0.25, 0.3) is 0 Å². The Labute approximate surface area is 263 Å². The van der Waals surface area contributed by atoms with Crippen LogP contribution in [0.1, 0.15) is 37.8 Å². The fourth-order valence-corrected chi connectivity index (χ4v) is 4.32. The zero-order valence-corrected chi connectivity index (χ0v) is 25.0. The van der Waals surface area contributed by atoms with Gasteiger partial charge < -0.3 is 30.2 Å². The van der Waals surface area contributed by atoms with E-state index < -0.39 is 52.3 Å². The van der Waals surface area contributed by atoms with Gasteiger partial charge in [0.1, 0.15) is 25.3 Å². The summed E-state index contributed by atoms with van der Waals surface area (Å²) in [6.07, 6.45) is -0.386. The lowest BCUT2D eigenvalue weighted by Gasteiger charge is -2.33. The van der Waals surface area contributed by atoms with E-state index in [1.165, 1.54) is 19.1 Å². The average Bonchev–Trinajstić information content (AvgIpc) is 3.05. The van der Waals surface area contributed by atoms with E-state index in [9.17, 15) is 34.1 Å². The average molecular weight is 633 g/mol. The number of benzene rings is 3. The first-order valence-electron chi connectivity index (χ1n) is 14.3. The van der Waals surface area contributed by atoms with Gasteiger partial charge in [0, 0.05) is 12.5 Å². The van der Waals surface area contributed by atoms with E-state index in [1.54, 1.807) is 54.6 Å². The van der Waals surface area contributed by atoms with E-state index >= 15 is 0 Å². The number of esters is 2. The molecule has 240 valence electrons. The number of nitrogens with zero attached hydrogens (tertiary/aromatic N) is 1. The fourth-order valence-electron chi connectivity index (χ4n) is 4.32. The van der Waals surface area contributed by atoms with Crippen LogP contribution in [0.3, 0.4) is 0 Å². The van der Waals surface area contributed by atoms with Gasteiger partial charge in [-0.15, -0.1) is 0 Å². The van der Waals surface area contributed by atoms with E-state index in [4.69, 9.17) is 14.2 Å². The Hall–Kier alpha value is -5.79. The second-order valence-corrected chi connectivity index (χ2v) is 10.6. The van der Waals surface area contributed by atoms with Crippen molar-refractivity contribution in [3.05, 3.63) is 100 Å². The van der Waals surface area contributed by atoms with Crippen molar-refractivity contribution >= 4 is 41.0 Å². The van der Waals surface area contributed by atoms with Gasteiger partial charge in [0.05, 0.1) is 16.7 Å². The summed E-state index contributed by atoms with van der Waals surface area (Å²) in [4.78, 5) is 75.1. The molecule has 0 spiro atoms. The molecule has 0 saturated carbocycles. The van der Waals surface area contributed by atoms with Crippen molar-refractivity contribution in [3.8, 4) is 5.75 Å². The Morgan fingerprint density at radius 2 is 1.54 bits per heavy atom. The molecule has 3 amide bonds. The number of carbonyl (C=O) groups is 5. The number of hydrogen-bond acceptors (Lipinski definition) is 10. The number of anilines is 1. The van der Waals surface area contributed by atoms with Gasteiger partial charge >= 0.3 is 11.9 Å². The van der Waals surface area contributed by atoms with Gasteiger partial charge in [0.2, 0.25) is 5.91 Å². The van der Waals surface area contributed by atoms with Crippen molar-refractivity contribution in [1.82, 2.24) is 10.6 Å². The number of ether oxygens (including phenoxy) is 3. The van der Waals surface area contributed by atoms with E-state index in [1.807, 2.05) is 6.07 Å². The van der Waals surface area contributed by atoms with Gasteiger partial charge in [-0.1, -0.05) is 60.7 Å². The summed E-state index contributed by atoms with van der Waals surface area (Å²) in [5.41, 5.74) is -0.897. The highest BCUT2D eigenvalue weighted by Gasteiger charge is 2.48. The molecule has 3 N–H and O–H groups in total. The molecule has 14 heteroatoms. The first-order chi connectivity index (χ1) is 22.0. The predicted octanol–water partition coefficient (Wildman–Crippen LogP) is 2.94. The van der Waals surface area contributed by atoms with Crippen molar-refractivity contribution in [2.45, 2.75) is 57.6 Å². The molecule has 0 radical (unpaired) electrons. The third-order valence-electron chi connectivity index (χ3n) is 7.05. The highest BCUT2D eigenvalue weighted by Crippen LogP contribution is 2.36. The van der Waals surface area contributed by atoms with Crippen LogP contribution in [0.2, 0.25) is 0 Å². The Morgan fingerprint density at radius 3 is 2.15 bits per heavy atom. The Bertz CT molecular complexity index is 1620. The summed E-state index contributed by atoms with van der Waals surface area (Å²) in [5, 5.41) is 18.5. The lowest BCUT2D eigenvalue weighted by molar-refractivity contribution is -0.385. The molecule has 3 aromatic carbocycles. The number of hydrogen-bond donors (Lipinski definition) is 3. The lowest BCUT2D eigenvalue weighted by atomic mass is 10.0. The molecular formula is C32H32N4O10. The van der Waals surface area contributed by atoms with Crippen LogP contribution in [-0.2, 0) is 46.7 Å². The molecule has 0 bridgehead atoms. The maximum Gasteiger partial charge on any atom is 0.328 e. The molecule has 46 heavy (non-hydrogen) atoms. The molecule has 1 unspecified atom stereocenters. The number of rotatable bonds is 13. The second kappa shape index (κ2) is 14.8. The van der Waals surface area contributed by atoms with Gasteiger partial charge in [0.15, 0.2) is 5.75 Å². The van der Waals surface area contributed by atoms with Gasteiger partial charge in [-0.05, 0) is 37.5 Å². The molecule has 3 aromatic rings. The normalized spacial score (nSPS) is 16.3. The minimum Gasteiger partial charge on any atom is -0.465 e. The third-order valence-corrected chi connectivity index (χ3v) is 7.05. The van der Waals surface area contributed by atoms with Crippen molar-refractivity contribution in [2.75, 3.05) is 5.32 Å². The molecule has 0 fully saturated rings. The zero-order chi connectivity index (χ0) is 33.3. The Kier molecular flexibility index (Phi) is 10.6. The van der Waals surface area contributed by atoms with Gasteiger partial charge in [-0.25, -0.2) is 4.79 Å². The fraction of sp³-hybridized carbons (Fsp3) is 0.281. The molecule has 14 nitrogen and oxygen atoms in total. The molecule has 0 saturated heterocycles. The quantitative estimate of drug-likeness (QED) is 0.109. The van der Waals surface area contributed by atoms with Crippen molar-refractivity contribution in [3.63, 3.8) is 0 Å². The Balaban J connectivity index is 1.39. The molecule has 4 rings (SSSR count). The van der Waals surface area contributed by atoms with Crippen LogP contribution in [0.4, 0.5) is 11.4 Å². The molecule has 0 aliphatic carbocycles. The van der Waals surface area contributed by atoms with E-state index in [0.717, 1.165) is 18.6 Å². The highest BCUT2D eigenvalue weighted by atomic mass is 16.6. The van der Waals surface area contributed by atoms with Crippen LogP contribution >= 0.6 is 0 Å². The van der Waals surface area contributed by atoms with Gasteiger partial charge in [-0.2, -0.15) is 0 Å². The summed E-state index contributed by atoms with van der Waals surface area (Å²) >= 11 is 0. The van der Waals surface area contributed by atoms with Crippen molar-refractivity contribution < 1.29 is 43.1 Å². The summed E-state index contributed by atoms with van der Waals surface area (Å²) in [7, 11) is 0. The number of amides is 3. The van der Waals surface area contributed by atoms with Crippen LogP contribution in [0.15, 0.2) is 78.9 Å². The minimum absolute atomic E-state index is 0.0322. The van der Waals surface area contributed by atoms with E-state index in [-0.39, 0.29) is 43.2 Å². The first kappa shape index (κ1) is 33.1. The Morgan fingerprint density at radius 1 is 0.935 bits per heavy atom. The number of nitro groups is 1. The monoisotopic (exact) mass is 632 g/mol. The van der Waals surface area contributed by atoms with Crippen LogP contribution in [0.5, 0.6) is 5.75 Å². The molecular weight excluding hydrogens is 600 g/mol. The first-order valence-corrected chi connectivity index (χ1v) is 14.3. The van der Waals surface area contributed by atoms with E-state index in [0.29, 0.717) is 5.56 Å². The molecule has 1 aliphatic heterocycles. The summed E-state index contributed by atoms with van der Waals surface area (Å²) in [5.74, 6) is -4.22. The minimum atomic E-state index is -2.19. The van der Waals surface area contributed by atoms with Crippen molar-refractivity contribution in [1.29, 1.82) is 0 Å². The predicted molar refractivity (Wildman–Crippen MR) is 162 cm³/mol. The lowest BCUT2D eigenvalue weighted by Crippen LogP contribution is -2.62. The SMILES string of the molecule is C[C@H](NC(=O)C1(C)Oc2cc([N+](=O)[O-])ccc2NC1=O)C(=O)N[C@H](CCC(=O)OCc1ccccc1)C(=O)OCc1ccccc1. The van der Waals surface area contributed by atoms with Crippen LogP contribution in [0, 0.1) is 10.1 Å². The topological polar surface area (TPSA) is 192 Å². The summed E-state index contributed by atoms with van der Waals surface area (Å²) < 4.78 is 16.3. The second-order valence-electron chi connectivity index (χ2n) is 10.6. The van der Waals surface area contributed by atoms with Crippen LogP contribution in [-0.4, -0.2) is 52.3 Å². The third kappa shape index (κ3) is 8.43. The maximum absolute atomic E-state index is 13.2. The van der Waals surface area contributed by atoms with Crippen molar-refractivity contribution in [2.24, 2.45) is 0 Å². The number of carbonyl (C=O) groups excluding carboxylic acids is 5. The number of nitro benzene ring substituents is 1. The standard InChI is InChI=1S/C32H32N4O10/c1-20(33-30(40)32(2)31(41)35-24-14-13-23(36(42)43)17-26(24)46-32)28(38)34-25(29(39)45-19-22-11-7-4-8-12-22)15-16-27(37)44-18-21-9-5-3-6-10-21/h3-14,17,20,25H,15-16,18-19H2,1-2H3,(H,33,40)(H,34,38)(H,35,41)/t20-,25+,32?/m0/s1. The summed E-state index contributed by atoms with van der Waals surface area (Å²) in [6, 6.07) is 18.8. The number of nitrogens with one attached hydrogen (secondary N) is 3. The number of fused-ring (bicyclic) bond motifs is 1. The largest absolute Gasteiger partial charge is 0.465 e. The number of non-ortho nitro benzene ring substituents is 1. The highest BCUT2D eigenvalue weighted by molar-refractivity contribution is 6.16.